The van der Waals surface area contributed by atoms with Crippen LogP contribution in [-0.4, -0.2) is 19.3 Å². The van der Waals surface area contributed by atoms with Gasteiger partial charge in [-0.05, 0) is 25.0 Å². The summed E-state index contributed by atoms with van der Waals surface area (Å²) in [6.45, 7) is 1.74. The number of fused-ring (bicyclic) bond motifs is 1. The van der Waals surface area contributed by atoms with E-state index in [1.807, 2.05) is 7.05 Å². The lowest BCUT2D eigenvalue weighted by molar-refractivity contribution is 0.522. The van der Waals surface area contributed by atoms with Crippen molar-refractivity contribution in [1.82, 2.24) is 19.3 Å². The zero-order valence-electron chi connectivity index (χ0n) is 13.7. The van der Waals surface area contributed by atoms with E-state index in [0.29, 0.717) is 11.6 Å². The largest absolute Gasteiger partial charge is 0.379 e. The van der Waals surface area contributed by atoms with Crippen molar-refractivity contribution in [1.29, 1.82) is 0 Å². The number of nitrogens with one attached hydrogen (secondary N) is 1. The Kier molecular flexibility index (Phi) is 4.02. The molecule has 0 fully saturated rings. The average Bonchev–Trinajstić information content (AvgIpc) is 3.17. The summed E-state index contributed by atoms with van der Waals surface area (Å²) < 4.78 is 4.08. The van der Waals surface area contributed by atoms with Crippen LogP contribution in [0.3, 0.4) is 0 Å². The minimum Gasteiger partial charge on any atom is -0.379 e. The van der Waals surface area contributed by atoms with Crippen LogP contribution in [0.2, 0.25) is 5.02 Å². The number of imidazole rings is 1. The van der Waals surface area contributed by atoms with Crippen molar-refractivity contribution in [3.8, 4) is 11.3 Å². The molecule has 0 atom stereocenters. The second-order valence-electron chi connectivity index (χ2n) is 6.19. The molecule has 0 saturated carbocycles. The first-order valence-electron chi connectivity index (χ1n) is 8.27. The quantitative estimate of drug-likeness (QED) is 0.783. The second kappa shape index (κ2) is 6.32. The van der Waals surface area contributed by atoms with Crippen LogP contribution in [0.25, 0.3) is 11.3 Å². The van der Waals surface area contributed by atoms with Crippen LogP contribution in [0, 0.1) is 0 Å². The van der Waals surface area contributed by atoms with Gasteiger partial charge >= 0.3 is 0 Å². The minimum atomic E-state index is 0.646. The van der Waals surface area contributed by atoms with Gasteiger partial charge in [0.1, 0.15) is 5.82 Å². The summed E-state index contributed by atoms with van der Waals surface area (Å²) in [6, 6.07) is 8.39. The standard InChI is InChI=1S/C18H20ClN5/c1-23-17(15(19)10-21-23)11-20-14-7-5-13(6-8-14)16-12-24-9-3-2-4-18(24)22-16/h5-8,10,12,20H,2-4,9,11H2,1H3. The van der Waals surface area contributed by atoms with E-state index in [0.717, 1.165) is 35.6 Å². The number of benzene rings is 1. The molecule has 1 N–H and O–H groups in total. The summed E-state index contributed by atoms with van der Waals surface area (Å²) >= 11 is 6.13. The molecule has 4 rings (SSSR count). The van der Waals surface area contributed by atoms with Crippen molar-refractivity contribution in [3.05, 3.63) is 53.2 Å². The molecule has 0 bridgehead atoms. The number of hydrogen-bond acceptors (Lipinski definition) is 3. The Labute approximate surface area is 146 Å². The number of aromatic nitrogens is 4. The molecule has 124 valence electrons. The number of aryl methyl sites for hydroxylation is 3. The molecule has 0 amide bonds. The van der Waals surface area contributed by atoms with Gasteiger partial charge in [-0.1, -0.05) is 23.7 Å². The molecular weight excluding hydrogens is 322 g/mol. The summed E-state index contributed by atoms with van der Waals surface area (Å²) in [6.07, 6.45) is 7.43. The smallest absolute Gasteiger partial charge is 0.109 e. The third-order valence-corrected chi connectivity index (χ3v) is 4.88. The molecule has 0 spiro atoms. The van der Waals surface area contributed by atoms with Crippen molar-refractivity contribution in [2.75, 3.05) is 5.32 Å². The van der Waals surface area contributed by atoms with Crippen LogP contribution in [0.4, 0.5) is 5.69 Å². The number of anilines is 1. The lowest BCUT2D eigenvalue weighted by Crippen LogP contribution is -2.08. The van der Waals surface area contributed by atoms with E-state index in [4.69, 9.17) is 16.6 Å². The Balaban J connectivity index is 1.47. The molecule has 1 aliphatic rings. The first kappa shape index (κ1) is 15.3. The SMILES string of the molecule is Cn1ncc(Cl)c1CNc1ccc(-c2cn3c(n2)CCCC3)cc1. The van der Waals surface area contributed by atoms with E-state index in [9.17, 15) is 0 Å². The Hall–Kier alpha value is -2.27. The van der Waals surface area contributed by atoms with E-state index in [2.05, 4.69) is 45.4 Å². The van der Waals surface area contributed by atoms with E-state index in [1.54, 1.807) is 10.9 Å². The number of halogens is 1. The van der Waals surface area contributed by atoms with Gasteiger partial charge in [0.25, 0.3) is 0 Å². The lowest BCUT2D eigenvalue weighted by Gasteiger charge is -2.11. The fraction of sp³-hybridized carbons (Fsp3) is 0.333. The molecule has 0 aliphatic carbocycles. The summed E-state index contributed by atoms with van der Waals surface area (Å²) in [4.78, 5) is 4.77. The van der Waals surface area contributed by atoms with E-state index < -0.39 is 0 Å². The maximum Gasteiger partial charge on any atom is 0.109 e. The van der Waals surface area contributed by atoms with Gasteiger partial charge in [0.05, 0.1) is 29.2 Å². The third kappa shape index (κ3) is 2.91. The summed E-state index contributed by atoms with van der Waals surface area (Å²) in [5.41, 5.74) is 4.25. The van der Waals surface area contributed by atoms with Crippen LogP contribution in [0.15, 0.2) is 36.7 Å². The summed E-state index contributed by atoms with van der Waals surface area (Å²) in [7, 11) is 1.90. The molecule has 1 aromatic carbocycles. The van der Waals surface area contributed by atoms with Crippen LogP contribution in [0.1, 0.15) is 24.4 Å². The molecular formula is C18H20ClN5. The second-order valence-corrected chi connectivity index (χ2v) is 6.59. The maximum atomic E-state index is 6.13. The zero-order valence-corrected chi connectivity index (χ0v) is 14.4. The molecule has 1 aliphatic heterocycles. The van der Waals surface area contributed by atoms with Crippen molar-refractivity contribution in [2.24, 2.45) is 7.05 Å². The first-order valence-corrected chi connectivity index (χ1v) is 8.65. The molecule has 24 heavy (non-hydrogen) atoms. The third-order valence-electron chi connectivity index (χ3n) is 4.56. The highest BCUT2D eigenvalue weighted by atomic mass is 35.5. The molecule has 0 radical (unpaired) electrons. The van der Waals surface area contributed by atoms with E-state index in [-0.39, 0.29) is 0 Å². The Morgan fingerprint density at radius 3 is 2.75 bits per heavy atom. The van der Waals surface area contributed by atoms with Crippen molar-refractivity contribution >= 4 is 17.3 Å². The molecule has 3 aromatic rings. The Morgan fingerprint density at radius 2 is 2.04 bits per heavy atom. The Morgan fingerprint density at radius 1 is 1.21 bits per heavy atom. The van der Waals surface area contributed by atoms with Gasteiger partial charge in [0.15, 0.2) is 0 Å². The number of hydrogen-bond donors (Lipinski definition) is 1. The fourth-order valence-corrected chi connectivity index (χ4v) is 3.36. The van der Waals surface area contributed by atoms with Crippen molar-refractivity contribution < 1.29 is 0 Å². The molecule has 0 unspecified atom stereocenters. The van der Waals surface area contributed by atoms with Crippen molar-refractivity contribution in [2.45, 2.75) is 32.4 Å². The van der Waals surface area contributed by atoms with Crippen LogP contribution < -0.4 is 5.32 Å². The highest BCUT2D eigenvalue weighted by molar-refractivity contribution is 6.31. The van der Waals surface area contributed by atoms with E-state index in [1.165, 1.54) is 18.7 Å². The van der Waals surface area contributed by atoms with Crippen LogP contribution in [0.5, 0.6) is 0 Å². The molecule has 3 heterocycles. The van der Waals surface area contributed by atoms with Crippen LogP contribution in [-0.2, 0) is 26.6 Å². The monoisotopic (exact) mass is 341 g/mol. The predicted molar refractivity (Wildman–Crippen MR) is 96.1 cm³/mol. The van der Waals surface area contributed by atoms with Gasteiger partial charge in [-0.2, -0.15) is 5.10 Å². The van der Waals surface area contributed by atoms with Gasteiger partial charge in [-0.15, -0.1) is 0 Å². The van der Waals surface area contributed by atoms with Gasteiger partial charge in [-0.3, -0.25) is 4.68 Å². The average molecular weight is 342 g/mol. The first-order chi connectivity index (χ1) is 11.7. The fourth-order valence-electron chi connectivity index (χ4n) is 3.13. The highest BCUT2D eigenvalue weighted by Crippen LogP contribution is 2.24. The van der Waals surface area contributed by atoms with Gasteiger partial charge in [0, 0.05) is 37.5 Å². The van der Waals surface area contributed by atoms with Crippen LogP contribution >= 0.6 is 11.6 Å². The summed E-state index contributed by atoms with van der Waals surface area (Å²) in [5, 5.41) is 8.22. The normalized spacial score (nSPS) is 13.8. The zero-order chi connectivity index (χ0) is 16.5. The van der Waals surface area contributed by atoms with Gasteiger partial charge < -0.3 is 9.88 Å². The highest BCUT2D eigenvalue weighted by Gasteiger charge is 2.13. The molecule has 0 saturated heterocycles. The maximum absolute atomic E-state index is 6.13. The summed E-state index contributed by atoms with van der Waals surface area (Å²) in [5.74, 6) is 1.21. The van der Waals surface area contributed by atoms with Crippen molar-refractivity contribution in [3.63, 3.8) is 0 Å². The van der Waals surface area contributed by atoms with Gasteiger partial charge in [-0.25, -0.2) is 4.98 Å². The molecule has 2 aromatic heterocycles. The molecule has 5 nitrogen and oxygen atoms in total. The Bertz CT molecular complexity index is 804. The van der Waals surface area contributed by atoms with E-state index >= 15 is 0 Å². The predicted octanol–water partition coefficient (Wildman–Crippen LogP) is 3.89. The molecule has 6 heteroatoms. The minimum absolute atomic E-state index is 0.646. The number of rotatable bonds is 4. The lowest BCUT2D eigenvalue weighted by atomic mass is 10.1. The topological polar surface area (TPSA) is 47.7 Å². The number of nitrogens with zero attached hydrogens (tertiary/aromatic N) is 4. The van der Waals surface area contributed by atoms with Gasteiger partial charge in [0.2, 0.25) is 0 Å².